The molecule has 1 fully saturated rings. The largest absolute Gasteiger partial charge is 0.391 e. The molecule has 3 heterocycles. The van der Waals surface area contributed by atoms with Crippen molar-refractivity contribution in [1.29, 1.82) is 0 Å². The molecule has 3 rings (SSSR count). The first-order valence-electron chi connectivity index (χ1n) is 7.48. The van der Waals surface area contributed by atoms with Crippen molar-refractivity contribution in [1.82, 2.24) is 25.1 Å². The summed E-state index contributed by atoms with van der Waals surface area (Å²) in [7, 11) is 0. The van der Waals surface area contributed by atoms with Crippen molar-refractivity contribution in [2.75, 3.05) is 13.1 Å². The third-order valence-corrected chi connectivity index (χ3v) is 4.01. The number of aromatic nitrogens is 4. The molecule has 22 heavy (non-hydrogen) atoms. The van der Waals surface area contributed by atoms with Gasteiger partial charge in [0.15, 0.2) is 0 Å². The number of likely N-dealkylation sites (tertiary alicyclic amines) is 1. The van der Waals surface area contributed by atoms with E-state index in [0.29, 0.717) is 18.9 Å². The van der Waals surface area contributed by atoms with Gasteiger partial charge in [0.25, 0.3) is 5.56 Å². The fourth-order valence-electron chi connectivity index (χ4n) is 3.07. The van der Waals surface area contributed by atoms with Crippen molar-refractivity contribution in [3.63, 3.8) is 0 Å². The van der Waals surface area contributed by atoms with E-state index in [1.54, 1.807) is 6.92 Å². The van der Waals surface area contributed by atoms with E-state index in [0.717, 1.165) is 30.0 Å². The van der Waals surface area contributed by atoms with E-state index in [1.165, 1.54) is 6.07 Å². The number of β-amino-alcohol motifs (C(OH)–C–C–N with tert-alkyl or cyclic N) is 1. The zero-order valence-electron chi connectivity index (χ0n) is 12.8. The van der Waals surface area contributed by atoms with E-state index in [9.17, 15) is 9.90 Å². The average Bonchev–Trinajstić information content (AvgIpc) is 2.95. The molecule has 0 spiro atoms. The third kappa shape index (κ3) is 3.42. The van der Waals surface area contributed by atoms with E-state index < -0.39 is 0 Å². The number of aliphatic hydroxyl groups excluding tert-OH is 1. The number of hydrogen-bond donors (Lipinski definition) is 3. The highest BCUT2D eigenvalue weighted by Crippen LogP contribution is 2.22. The Kier molecular flexibility index (Phi) is 4.08. The van der Waals surface area contributed by atoms with Crippen molar-refractivity contribution in [2.45, 2.75) is 32.9 Å². The minimum Gasteiger partial charge on any atom is -0.391 e. The van der Waals surface area contributed by atoms with Gasteiger partial charge in [-0.05, 0) is 26.3 Å². The van der Waals surface area contributed by atoms with E-state index >= 15 is 0 Å². The lowest BCUT2D eigenvalue weighted by Gasteiger charge is -2.14. The molecule has 0 aromatic carbocycles. The number of nitrogens with one attached hydrogen (secondary N) is 2. The summed E-state index contributed by atoms with van der Waals surface area (Å²) >= 11 is 0. The first kappa shape index (κ1) is 14.9. The number of aromatic amines is 2. The first-order chi connectivity index (χ1) is 10.5. The highest BCUT2D eigenvalue weighted by molar-refractivity contribution is 5.09. The van der Waals surface area contributed by atoms with E-state index in [4.69, 9.17) is 0 Å². The molecular formula is C15H21N5O2. The van der Waals surface area contributed by atoms with Crippen LogP contribution in [0.5, 0.6) is 0 Å². The van der Waals surface area contributed by atoms with Crippen molar-refractivity contribution in [3.8, 4) is 0 Å². The smallest absolute Gasteiger partial charge is 0.251 e. The predicted molar refractivity (Wildman–Crippen MR) is 81.4 cm³/mol. The standard InChI is InChI=1S/C15H21N5O2/c1-9-3-12(19-18-9)4-11-6-20(8-14(11)21)7-13-5-15(22)17-10(2)16-13/h3,5,11,14,21H,4,6-8H2,1-2H3,(H,18,19)(H,16,17,22)/t11-,14+/m1/s1. The molecule has 0 saturated carbocycles. The van der Waals surface area contributed by atoms with Crippen LogP contribution in [0.3, 0.4) is 0 Å². The monoisotopic (exact) mass is 303 g/mol. The minimum absolute atomic E-state index is 0.134. The molecule has 1 aliphatic heterocycles. The van der Waals surface area contributed by atoms with Crippen LogP contribution in [0.2, 0.25) is 0 Å². The maximum Gasteiger partial charge on any atom is 0.251 e. The van der Waals surface area contributed by atoms with Crippen LogP contribution in [0, 0.1) is 19.8 Å². The van der Waals surface area contributed by atoms with E-state index in [2.05, 4.69) is 25.1 Å². The molecule has 0 aliphatic carbocycles. The van der Waals surface area contributed by atoms with Gasteiger partial charge in [0, 0.05) is 37.3 Å². The summed E-state index contributed by atoms with van der Waals surface area (Å²) in [6.45, 7) is 5.70. The molecule has 0 amide bonds. The fraction of sp³-hybridized carbons (Fsp3) is 0.533. The molecule has 7 nitrogen and oxygen atoms in total. The molecule has 1 aliphatic rings. The molecule has 0 unspecified atom stereocenters. The summed E-state index contributed by atoms with van der Waals surface area (Å²) < 4.78 is 0. The van der Waals surface area contributed by atoms with Crippen LogP contribution in [0.4, 0.5) is 0 Å². The minimum atomic E-state index is -0.375. The van der Waals surface area contributed by atoms with Gasteiger partial charge in [-0.25, -0.2) is 4.98 Å². The van der Waals surface area contributed by atoms with Gasteiger partial charge in [-0.15, -0.1) is 0 Å². The van der Waals surface area contributed by atoms with Crippen molar-refractivity contribution in [3.05, 3.63) is 45.4 Å². The molecule has 2 aromatic rings. The van der Waals surface area contributed by atoms with Crippen LogP contribution in [0.1, 0.15) is 22.9 Å². The van der Waals surface area contributed by atoms with E-state index in [-0.39, 0.29) is 17.6 Å². The van der Waals surface area contributed by atoms with Crippen LogP contribution in [-0.2, 0) is 13.0 Å². The van der Waals surface area contributed by atoms with Crippen molar-refractivity contribution >= 4 is 0 Å². The second-order valence-corrected chi connectivity index (χ2v) is 6.09. The van der Waals surface area contributed by atoms with Crippen LogP contribution in [0.15, 0.2) is 16.9 Å². The lowest BCUT2D eigenvalue weighted by molar-refractivity contribution is 0.140. The highest BCUT2D eigenvalue weighted by Gasteiger charge is 2.32. The number of H-pyrrole nitrogens is 2. The Bertz CT molecular complexity index is 708. The summed E-state index contributed by atoms with van der Waals surface area (Å²) in [5.74, 6) is 0.775. The van der Waals surface area contributed by atoms with Gasteiger partial charge in [-0.1, -0.05) is 0 Å². The third-order valence-electron chi connectivity index (χ3n) is 4.01. The van der Waals surface area contributed by atoms with Gasteiger partial charge in [-0.2, -0.15) is 5.10 Å². The Morgan fingerprint density at radius 2 is 2.14 bits per heavy atom. The number of rotatable bonds is 4. The first-order valence-corrected chi connectivity index (χ1v) is 7.48. The van der Waals surface area contributed by atoms with Crippen molar-refractivity contribution in [2.24, 2.45) is 5.92 Å². The highest BCUT2D eigenvalue weighted by atomic mass is 16.3. The number of nitrogens with zero attached hydrogens (tertiary/aromatic N) is 3. The molecular weight excluding hydrogens is 282 g/mol. The quantitative estimate of drug-likeness (QED) is 0.746. The summed E-state index contributed by atoms with van der Waals surface area (Å²) in [5, 5.41) is 17.4. The molecule has 3 N–H and O–H groups in total. The molecule has 2 aromatic heterocycles. The van der Waals surface area contributed by atoms with Gasteiger partial charge >= 0.3 is 0 Å². The van der Waals surface area contributed by atoms with Crippen LogP contribution < -0.4 is 5.56 Å². The number of aryl methyl sites for hydroxylation is 2. The average molecular weight is 303 g/mol. The Balaban J connectivity index is 1.64. The molecule has 118 valence electrons. The zero-order chi connectivity index (χ0) is 15.7. The van der Waals surface area contributed by atoms with Crippen molar-refractivity contribution < 1.29 is 5.11 Å². The SMILES string of the molecule is Cc1cc(C[C@@H]2CN(Cc3cc(=O)[nH]c(C)n3)C[C@@H]2O)n[nH]1. The maximum atomic E-state index is 11.5. The predicted octanol–water partition coefficient (Wildman–Crippen LogP) is 0.145. The van der Waals surface area contributed by atoms with Crippen LogP contribution in [-0.4, -0.2) is 49.4 Å². The maximum absolute atomic E-state index is 11.5. The number of aliphatic hydroxyl groups is 1. The van der Waals surface area contributed by atoms with Crippen LogP contribution in [0.25, 0.3) is 0 Å². The molecule has 0 radical (unpaired) electrons. The van der Waals surface area contributed by atoms with Crippen LogP contribution >= 0.6 is 0 Å². The van der Waals surface area contributed by atoms with Gasteiger partial charge in [-0.3, -0.25) is 14.8 Å². The summed E-state index contributed by atoms with van der Waals surface area (Å²) in [4.78, 5) is 20.6. The second kappa shape index (κ2) is 6.02. The lowest BCUT2D eigenvalue weighted by atomic mass is 10.0. The Hall–Kier alpha value is -1.99. The summed E-state index contributed by atoms with van der Waals surface area (Å²) in [5.41, 5.74) is 2.62. The lowest BCUT2D eigenvalue weighted by Crippen LogP contribution is -2.23. The van der Waals surface area contributed by atoms with Gasteiger partial charge in [0.05, 0.1) is 17.5 Å². The second-order valence-electron chi connectivity index (χ2n) is 6.09. The molecule has 2 atom stereocenters. The Labute approximate surface area is 128 Å². The summed E-state index contributed by atoms with van der Waals surface area (Å²) in [6.07, 6.45) is 0.379. The number of hydrogen-bond acceptors (Lipinski definition) is 5. The van der Waals surface area contributed by atoms with Gasteiger partial charge in [0.2, 0.25) is 0 Å². The van der Waals surface area contributed by atoms with Gasteiger partial charge < -0.3 is 10.1 Å². The normalized spacial score (nSPS) is 22.3. The van der Waals surface area contributed by atoms with E-state index in [1.807, 2.05) is 13.0 Å². The fourth-order valence-corrected chi connectivity index (χ4v) is 3.07. The molecule has 0 bridgehead atoms. The Morgan fingerprint density at radius 1 is 1.32 bits per heavy atom. The zero-order valence-corrected chi connectivity index (χ0v) is 12.8. The molecule has 1 saturated heterocycles. The topological polar surface area (TPSA) is 97.9 Å². The van der Waals surface area contributed by atoms with Gasteiger partial charge in [0.1, 0.15) is 5.82 Å². The Morgan fingerprint density at radius 3 is 2.82 bits per heavy atom. The molecule has 7 heteroatoms. The summed E-state index contributed by atoms with van der Waals surface area (Å²) in [6, 6.07) is 3.53.